The van der Waals surface area contributed by atoms with E-state index in [1.54, 1.807) is 23.4 Å². The number of rotatable bonds is 4. The first kappa shape index (κ1) is 17.3. The highest BCUT2D eigenvalue weighted by molar-refractivity contribution is 7.13. The molecule has 4 heterocycles. The third-order valence-corrected chi connectivity index (χ3v) is 5.39. The highest BCUT2D eigenvalue weighted by Crippen LogP contribution is 2.30. The van der Waals surface area contributed by atoms with Gasteiger partial charge < -0.3 is 10.2 Å². The molecule has 9 heteroatoms. The van der Waals surface area contributed by atoms with Gasteiger partial charge in [-0.3, -0.25) is 19.3 Å². The van der Waals surface area contributed by atoms with E-state index in [1.165, 1.54) is 18.4 Å². The topological polar surface area (TPSA) is 95.5 Å². The molecule has 0 saturated heterocycles. The Morgan fingerprint density at radius 3 is 2.81 bits per heavy atom. The molecule has 3 amide bonds. The Balaban J connectivity index is 1.44. The molecule has 0 aliphatic carbocycles. The largest absolute Gasteiger partial charge is 0.357 e. The number of nitrogens with one attached hydrogen (secondary N) is 1. The van der Waals surface area contributed by atoms with Crippen molar-refractivity contribution < 1.29 is 14.4 Å². The van der Waals surface area contributed by atoms with E-state index in [0.717, 1.165) is 21.9 Å². The fourth-order valence-corrected chi connectivity index (χ4v) is 3.90. The molecule has 2 aromatic heterocycles. The van der Waals surface area contributed by atoms with Crippen molar-refractivity contribution in [1.29, 1.82) is 0 Å². The van der Waals surface area contributed by atoms with Crippen molar-refractivity contribution in [2.24, 2.45) is 0 Å². The van der Waals surface area contributed by atoms with E-state index in [-0.39, 0.29) is 24.3 Å². The molecule has 1 N–H and O–H groups in total. The summed E-state index contributed by atoms with van der Waals surface area (Å²) in [5.41, 5.74) is 1.75. The van der Waals surface area contributed by atoms with Gasteiger partial charge in [0.15, 0.2) is 0 Å². The van der Waals surface area contributed by atoms with Crippen LogP contribution in [-0.2, 0) is 14.4 Å². The summed E-state index contributed by atoms with van der Waals surface area (Å²) in [6, 6.07) is 3.56. The molecule has 8 nitrogen and oxygen atoms in total. The number of pyridine rings is 1. The summed E-state index contributed by atoms with van der Waals surface area (Å²) in [5, 5.41) is 5.49. The molecule has 2 aliphatic rings. The third-order valence-electron chi connectivity index (χ3n) is 4.57. The van der Waals surface area contributed by atoms with Gasteiger partial charge in [-0.1, -0.05) is 0 Å². The van der Waals surface area contributed by atoms with Crippen molar-refractivity contribution >= 4 is 34.9 Å². The van der Waals surface area contributed by atoms with Crippen LogP contribution in [0.5, 0.6) is 0 Å². The Bertz CT molecular complexity index is 936. The third kappa shape index (κ3) is 3.21. The maximum Gasteiger partial charge on any atom is 0.277 e. The SMILES string of the molecule is CN1C(=O)C2=C(C1=O)N(CC(=O)Nc1ccc(-c3nccs3)cn1)CCC2. The van der Waals surface area contributed by atoms with Crippen molar-refractivity contribution in [3.63, 3.8) is 0 Å². The van der Waals surface area contributed by atoms with Crippen LogP contribution in [0.3, 0.4) is 0 Å². The lowest BCUT2D eigenvalue weighted by Gasteiger charge is -2.28. The smallest absolute Gasteiger partial charge is 0.277 e. The molecule has 0 fully saturated rings. The van der Waals surface area contributed by atoms with Gasteiger partial charge in [-0.05, 0) is 25.0 Å². The van der Waals surface area contributed by atoms with Crippen LogP contribution in [0.25, 0.3) is 10.6 Å². The number of hydrogen-bond donors (Lipinski definition) is 1. The minimum Gasteiger partial charge on any atom is -0.357 e. The van der Waals surface area contributed by atoms with E-state index in [0.29, 0.717) is 30.1 Å². The second-order valence-corrected chi connectivity index (χ2v) is 7.23. The lowest BCUT2D eigenvalue weighted by atomic mass is 10.0. The number of nitrogens with zero attached hydrogens (tertiary/aromatic N) is 4. The van der Waals surface area contributed by atoms with Crippen molar-refractivity contribution in [3.05, 3.63) is 41.2 Å². The van der Waals surface area contributed by atoms with Gasteiger partial charge in [0.2, 0.25) is 5.91 Å². The summed E-state index contributed by atoms with van der Waals surface area (Å²) in [6.07, 6.45) is 4.69. The Hall–Kier alpha value is -3.07. The predicted molar refractivity (Wildman–Crippen MR) is 99.6 cm³/mol. The number of amides is 3. The van der Waals surface area contributed by atoms with Crippen LogP contribution >= 0.6 is 11.3 Å². The van der Waals surface area contributed by atoms with Gasteiger partial charge >= 0.3 is 0 Å². The quantitative estimate of drug-likeness (QED) is 0.804. The molecule has 0 saturated carbocycles. The Morgan fingerprint density at radius 2 is 2.11 bits per heavy atom. The van der Waals surface area contributed by atoms with E-state index in [2.05, 4.69) is 15.3 Å². The fourth-order valence-electron chi connectivity index (χ4n) is 3.27. The minimum absolute atomic E-state index is 0.00159. The molecule has 2 aromatic rings. The average Bonchev–Trinajstić information content (AvgIpc) is 3.27. The predicted octanol–water partition coefficient (Wildman–Crippen LogP) is 1.49. The van der Waals surface area contributed by atoms with Gasteiger partial charge in [-0.2, -0.15) is 0 Å². The molecule has 0 atom stereocenters. The molecule has 0 aromatic carbocycles. The number of hydrogen-bond acceptors (Lipinski definition) is 7. The molecule has 4 rings (SSSR count). The molecular formula is C18H17N5O3S. The number of aromatic nitrogens is 2. The van der Waals surface area contributed by atoms with Crippen LogP contribution in [0.15, 0.2) is 41.2 Å². The Kier molecular flexibility index (Phi) is 4.44. The van der Waals surface area contributed by atoms with Crippen molar-refractivity contribution in [2.75, 3.05) is 25.5 Å². The summed E-state index contributed by atoms with van der Waals surface area (Å²) in [7, 11) is 1.47. The number of imide groups is 1. The monoisotopic (exact) mass is 383 g/mol. The lowest BCUT2D eigenvalue weighted by molar-refractivity contribution is -0.136. The van der Waals surface area contributed by atoms with Gasteiger partial charge in [0, 0.05) is 42.5 Å². The van der Waals surface area contributed by atoms with Crippen molar-refractivity contribution in [3.8, 4) is 10.6 Å². The number of likely N-dealkylation sites (N-methyl/N-ethyl adjacent to an activating group) is 1. The Morgan fingerprint density at radius 1 is 1.26 bits per heavy atom. The summed E-state index contributed by atoms with van der Waals surface area (Å²) >= 11 is 1.51. The zero-order valence-electron chi connectivity index (χ0n) is 14.6. The zero-order chi connectivity index (χ0) is 19.0. The molecule has 138 valence electrons. The van der Waals surface area contributed by atoms with Crippen LogP contribution < -0.4 is 5.32 Å². The van der Waals surface area contributed by atoms with Crippen LogP contribution in [0.1, 0.15) is 12.8 Å². The molecule has 0 unspecified atom stereocenters. The first-order chi connectivity index (χ1) is 13.0. The van der Waals surface area contributed by atoms with Crippen LogP contribution in [0.2, 0.25) is 0 Å². The lowest BCUT2D eigenvalue weighted by Crippen LogP contribution is -2.38. The van der Waals surface area contributed by atoms with Crippen LogP contribution in [0, 0.1) is 0 Å². The molecular weight excluding hydrogens is 366 g/mol. The number of carbonyl (C=O) groups is 3. The molecule has 0 bridgehead atoms. The van der Waals surface area contributed by atoms with Crippen molar-refractivity contribution in [1.82, 2.24) is 19.8 Å². The summed E-state index contributed by atoms with van der Waals surface area (Å²) in [5.74, 6) is -0.460. The van der Waals surface area contributed by atoms with E-state index < -0.39 is 0 Å². The molecule has 2 aliphatic heterocycles. The zero-order valence-corrected chi connectivity index (χ0v) is 15.5. The second kappa shape index (κ2) is 6.92. The van der Waals surface area contributed by atoms with Gasteiger partial charge in [0.25, 0.3) is 11.8 Å². The second-order valence-electron chi connectivity index (χ2n) is 6.34. The van der Waals surface area contributed by atoms with Gasteiger partial charge in [0.05, 0.1) is 6.54 Å². The highest BCUT2D eigenvalue weighted by Gasteiger charge is 2.40. The van der Waals surface area contributed by atoms with E-state index in [1.807, 2.05) is 11.4 Å². The summed E-state index contributed by atoms with van der Waals surface area (Å²) < 4.78 is 0. The van der Waals surface area contributed by atoms with Gasteiger partial charge in [0.1, 0.15) is 16.5 Å². The maximum absolute atomic E-state index is 12.4. The summed E-state index contributed by atoms with van der Waals surface area (Å²) in [4.78, 5) is 48.1. The number of anilines is 1. The normalized spacial score (nSPS) is 16.8. The molecule has 0 radical (unpaired) electrons. The molecule has 27 heavy (non-hydrogen) atoms. The van der Waals surface area contributed by atoms with E-state index >= 15 is 0 Å². The van der Waals surface area contributed by atoms with Crippen molar-refractivity contribution in [2.45, 2.75) is 12.8 Å². The highest BCUT2D eigenvalue weighted by atomic mass is 32.1. The van der Waals surface area contributed by atoms with Crippen LogP contribution in [0.4, 0.5) is 5.82 Å². The minimum atomic E-state index is -0.339. The van der Waals surface area contributed by atoms with E-state index in [9.17, 15) is 14.4 Å². The van der Waals surface area contributed by atoms with Gasteiger partial charge in [-0.25, -0.2) is 9.97 Å². The average molecular weight is 383 g/mol. The maximum atomic E-state index is 12.4. The Labute approximate surface area is 159 Å². The van der Waals surface area contributed by atoms with Gasteiger partial charge in [-0.15, -0.1) is 11.3 Å². The standard InChI is InChI=1S/C18H17N5O3S/c1-22-17(25)12-3-2-7-23(15(12)18(22)26)10-14(24)21-13-5-4-11(9-20-13)16-19-6-8-27-16/h4-6,8-9H,2-3,7,10H2,1H3,(H,20,21,24). The first-order valence-electron chi connectivity index (χ1n) is 8.51. The number of thiazole rings is 1. The number of carbonyl (C=O) groups excluding carboxylic acids is 3. The molecule has 0 spiro atoms. The van der Waals surface area contributed by atoms with Crippen LogP contribution in [-0.4, -0.2) is 57.6 Å². The summed E-state index contributed by atoms with van der Waals surface area (Å²) in [6.45, 7) is 0.567. The fraction of sp³-hybridized carbons (Fsp3) is 0.278. The first-order valence-corrected chi connectivity index (χ1v) is 9.39. The van der Waals surface area contributed by atoms with E-state index in [4.69, 9.17) is 0 Å².